The van der Waals surface area contributed by atoms with Gasteiger partial charge in [0.15, 0.2) is 10.3 Å². The maximum Gasteiger partial charge on any atom is 0.188 e. The molecule has 0 aliphatic carbocycles. The Bertz CT molecular complexity index is 991. The molecule has 0 unspecified atom stereocenters. The molecule has 2 heterocycles. The summed E-state index contributed by atoms with van der Waals surface area (Å²) in [5.41, 5.74) is 4.92. The van der Waals surface area contributed by atoms with Crippen LogP contribution < -0.4 is 10.6 Å². The van der Waals surface area contributed by atoms with Gasteiger partial charge in [-0.25, -0.2) is 15.0 Å². The van der Waals surface area contributed by atoms with Gasteiger partial charge in [-0.2, -0.15) is 0 Å². The first-order chi connectivity index (χ1) is 13.5. The van der Waals surface area contributed by atoms with Gasteiger partial charge in [-0.1, -0.05) is 17.8 Å². The van der Waals surface area contributed by atoms with Crippen molar-refractivity contribution >= 4 is 45.8 Å². The van der Waals surface area contributed by atoms with Crippen molar-refractivity contribution < 1.29 is 0 Å². The molecule has 3 aromatic rings. The Morgan fingerprint density at radius 3 is 2.64 bits per heavy atom. The van der Waals surface area contributed by atoms with Gasteiger partial charge >= 0.3 is 0 Å². The molecule has 0 bridgehead atoms. The van der Waals surface area contributed by atoms with E-state index < -0.39 is 0 Å². The van der Waals surface area contributed by atoms with E-state index in [9.17, 15) is 0 Å². The standard InChI is InChI=1S/C20H24N6S2/c1-5-9-21-19(27)24-15-7-8-17-16(11-15)25-18(26(17)6-2)12-28-20-22-13(3)10-14(4)23-20/h5,7-8,10-11H,1,6,9,12H2,2-4H3,(H2,21,24,27). The van der Waals surface area contributed by atoms with Gasteiger partial charge in [0.1, 0.15) is 5.82 Å². The molecule has 28 heavy (non-hydrogen) atoms. The molecule has 0 saturated heterocycles. The number of aromatic nitrogens is 4. The topological polar surface area (TPSA) is 67.7 Å². The van der Waals surface area contributed by atoms with Crippen LogP contribution in [-0.2, 0) is 12.3 Å². The highest BCUT2D eigenvalue weighted by Gasteiger charge is 2.12. The number of fused-ring (bicyclic) bond motifs is 1. The van der Waals surface area contributed by atoms with Crippen LogP contribution in [0.15, 0.2) is 42.1 Å². The van der Waals surface area contributed by atoms with E-state index in [2.05, 4.69) is 44.7 Å². The molecule has 146 valence electrons. The Kier molecular flexibility index (Phi) is 6.64. The number of nitrogens with zero attached hydrogens (tertiary/aromatic N) is 4. The molecule has 0 aliphatic heterocycles. The lowest BCUT2D eigenvalue weighted by Crippen LogP contribution is -2.28. The minimum absolute atomic E-state index is 0.567. The fraction of sp³-hybridized carbons (Fsp3) is 0.300. The van der Waals surface area contributed by atoms with Crippen molar-refractivity contribution in [3.8, 4) is 0 Å². The number of imidazole rings is 1. The maximum atomic E-state index is 5.28. The van der Waals surface area contributed by atoms with Gasteiger partial charge in [-0.3, -0.25) is 0 Å². The maximum absolute atomic E-state index is 5.28. The van der Waals surface area contributed by atoms with Crippen LogP contribution in [0.5, 0.6) is 0 Å². The van der Waals surface area contributed by atoms with Gasteiger partial charge in [0.25, 0.3) is 0 Å². The summed E-state index contributed by atoms with van der Waals surface area (Å²) in [4.78, 5) is 13.9. The highest BCUT2D eigenvalue weighted by Crippen LogP contribution is 2.25. The monoisotopic (exact) mass is 412 g/mol. The lowest BCUT2D eigenvalue weighted by molar-refractivity contribution is 0.747. The molecule has 2 aromatic heterocycles. The first kappa shape index (κ1) is 20.3. The summed E-state index contributed by atoms with van der Waals surface area (Å²) in [6.07, 6.45) is 1.77. The quantitative estimate of drug-likeness (QED) is 0.260. The van der Waals surface area contributed by atoms with Gasteiger partial charge in [-0.05, 0) is 57.3 Å². The van der Waals surface area contributed by atoms with Gasteiger partial charge < -0.3 is 15.2 Å². The van der Waals surface area contributed by atoms with Crippen LogP contribution in [0.3, 0.4) is 0 Å². The van der Waals surface area contributed by atoms with Crippen molar-refractivity contribution in [2.24, 2.45) is 0 Å². The van der Waals surface area contributed by atoms with E-state index in [4.69, 9.17) is 17.2 Å². The van der Waals surface area contributed by atoms with Crippen molar-refractivity contribution in [1.29, 1.82) is 0 Å². The van der Waals surface area contributed by atoms with Crippen molar-refractivity contribution in [2.75, 3.05) is 11.9 Å². The van der Waals surface area contributed by atoms with Crippen molar-refractivity contribution in [2.45, 2.75) is 38.2 Å². The lowest BCUT2D eigenvalue weighted by Gasteiger charge is -2.09. The molecule has 2 N–H and O–H groups in total. The smallest absolute Gasteiger partial charge is 0.188 e. The summed E-state index contributed by atoms with van der Waals surface area (Å²) in [6, 6.07) is 8.09. The number of benzene rings is 1. The van der Waals surface area contributed by atoms with Crippen LogP contribution in [0.4, 0.5) is 5.69 Å². The van der Waals surface area contributed by atoms with E-state index in [1.165, 1.54) is 0 Å². The molecule has 3 rings (SSSR count). The Hall–Kier alpha value is -2.45. The number of thiocarbonyl (C=S) groups is 1. The Labute approximate surface area is 174 Å². The second-order valence-corrected chi connectivity index (χ2v) is 7.67. The molecule has 0 radical (unpaired) electrons. The summed E-state index contributed by atoms with van der Waals surface area (Å²) in [6.45, 7) is 11.3. The zero-order valence-corrected chi connectivity index (χ0v) is 18.0. The SMILES string of the molecule is C=CCNC(=S)Nc1ccc2c(c1)nc(CSc1nc(C)cc(C)n1)n2CC. The Balaban J connectivity index is 1.80. The van der Waals surface area contributed by atoms with Gasteiger partial charge in [0.05, 0.1) is 16.8 Å². The van der Waals surface area contributed by atoms with Crippen molar-refractivity contribution in [1.82, 2.24) is 24.8 Å². The van der Waals surface area contributed by atoms with Crippen LogP contribution in [0.2, 0.25) is 0 Å². The number of hydrogen-bond acceptors (Lipinski definition) is 5. The van der Waals surface area contributed by atoms with E-state index in [0.717, 1.165) is 45.6 Å². The molecule has 0 amide bonds. The van der Waals surface area contributed by atoms with Crippen molar-refractivity contribution in [3.63, 3.8) is 0 Å². The fourth-order valence-electron chi connectivity index (χ4n) is 2.95. The average Bonchev–Trinajstić information content (AvgIpc) is 3.00. The molecule has 0 aliphatic rings. The number of nitrogens with one attached hydrogen (secondary N) is 2. The first-order valence-electron chi connectivity index (χ1n) is 9.10. The van der Waals surface area contributed by atoms with E-state index in [-0.39, 0.29) is 0 Å². The predicted octanol–water partition coefficient (Wildman–Crippen LogP) is 4.23. The molecule has 1 aromatic carbocycles. The lowest BCUT2D eigenvalue weighted by atomic mass is 10.2. The largest absolute Gasteiger partial charge is 0.359 e. The van der Waals surface area contributed by atoms with Crippen LogP contribution in [0.1, 0.15) is 24.1 Å². The highest BCUT2D eigenvalue weighted by molar-refractivity contribution is 7.98. The molecule has 0 saturated carbocycles. The molecule has 6 nitrogen and oxygen atoms in total. The number of aryl methyl sites for hydroxylation is 3. The van der Waals surface area contributed by atoms with Gasteiger partial charge in [0, 0.05) is 30.2 Å². The molecule has 0 atom stereocenters. The first-order valence-corrected chi connectivity index (χ1v) is 10.5. The fourth-order valence-corrected chi connectivity index (χ4v) is 4.04. The molecular weight excluding hydrogens is 388 g/mol. The summed E-state index contributed by atoms with van der Waals surface area (Å²) in [5, 5.41) is 7.60. The minimum atomic E-state index is 0.567. The Morgan fingerprint density at radius 1 is 1.21 bits per heavy atom. The van der Waals surface area contributed by atoms with E-state index in [0.29, 0.717) is 17.4 Å². The highest BCUT2D eigenvalue weighted by atomic mass is 32.2. The molecule has 8 heteroatoms. The second-order valence-electron chi connectivity index (χ2n) is 6.32. The normalized spacial score (nSPS) is 10.8. The van der Waals surface area contributed by atoms with E-state index in [1.807, 2.05) is 32.0 Å². The zero-order chi connectivity index (χ0) is 20.1. The summed E-state index contributed by atoms with van der Waals surface area (Å²) in [7, 11) is 0. The van der Waals surface area contributed by atoms with E-state index in [1.54, 1.807) is 17.8 Å². The number of anilines is 1. The summed E-state index contributed by atoms with van der Waals surface area (Å²) >= 11 is 6.89. The van der Waals surface area contributed by atoms with Gasteiger partial charge in [0.2, 0.25) is 0 Å². The van der Waals surface area contributed by atoms with Crippen LogP contribution in [0, 0.1) is 13.8 Å². The molecule has 0 fully saturated rings. The third-order valence-corrected chi connectivity index (χ3v) is 5.19. The second kappa shape index (κ2) is 9.16. The zero-order valence-electron chi connectivity index (χ0n) is 16.3. The molecule has 0 spiro atoms. The van der Waals surface area contributed by atoms with Crippen LogP contribution >= 0.6 is 24.0 Å². The third kappa shape index (κ3) is 4.88. The van der Waals surface area contributed by atoms with Crippen LogP contribution in [0.25, 0.3) is 11.0 Å². The average molecular weight is 413 g/mol. The molecular formula is C20H24N6S2. The number of hydrogen-bond donors (Lipinski definition) is 2. The summed E-state index contributed by atoms with van der Waals surface area (Å²) in [5.74, 6) is 1.72. The third-order valence-electron chi connectivity index (χ3n) is 4.10. The summed E-state index contributed by atoms with van der Waals surface area (Å²) < 4.78 is 2.23. The Morgan fingerprint density at radius 2 is 1.96 bits per heavy atom. The van der Waals surface area contributed by atoms with Gasteiger partial charge in [-0.15, -0.1) is 6.58 Å². The van der Waals surface area contributed by atoms with E-state index >= 15 is 0 Å². The van der Waals surface area contributed by atoms with Crippen molar-refractivity contribution in [3.05, 3.63) is 54.1 Å². The van der Waals surface area contributed by atoms with Crippen LogP contribution in [-0.4, -0.2) is 31.2 Å². The number of rotatable bonds is 7. The number of thioether (sulfide) groups is 1. The predicted molar refractivity (Wildman–Crippen MR) is 121 cm³/mol. The minimum Gasteiger partial charge on any atom is -0.359 e.